The van der Waals surface area contributed by atoms with Crippen LogP contribution in [0.15, 0.2) is 18.2 Å². The van der Waals surface area contributed by atoms with Gasteiger partial charge in [0.15, 0.2) is 5.82 Å². The number of hydrogen-bond donors (Lipinski definition) is 0. The molecule has 0 bridgehead atoms. The van der Waals surface area contributed by atoms with E-state index in [-0.39, 0.29) is 24.2 Å². The Bertz CT molecular complexity index is 1180. The molecule has 180 valence electrons. The molecule has 0 spiro atoms. The molecule has 1 saturated carbocycles. The third-order valence-electron chi connectivity index (χ3n) is 7.31. The van der Waals surface area contributed by atoms with Gasteiger partial charge in [-0.2, -0.15) is 5.10 Å². The summed E-state index contributed by atoms with van der Waals surface area (Å²) in [7, 11) is 0. The van der Waals surface area contributed by atoms with Crippen molar-refractivity contribution in [3.8, 4) is 11.4 Å². The van der Waals surface area contributed by atoms with E-state index in [1.54, 1.807) is 30.4 Å². The fourth-order valence-corrected chi connectivity index (χ4v) is 6.29. The Hall–Kier alpha value is -2.61. The van der Waals surface area contributed by atoms with E-state index in [4.69, 9.17) is 10.1 Å². The Morgan fingerprint density at radius 3 is 2.74 bits per heavy atom. The Morgan fingerprint density at radius 2 is 1.94 bits per heavy atom. The SMILES string of the molecule is Cc1nc2c(s1)CCN(C(=O)Cn1nc(-c3ccc(F)c(C)c3)nc1C1CCCCC1C)CC2. The third-order valence-corrected chi connectivity index (χ3v) is 8.38. The molecule has 2 atom stereocenters. The molecule has 1 aromatic carbocycles. The minimum absolute atomic E-state index is 0.0725. The Labute approximate surface area is 204 Å². The first-order chi connectivity index (χ1) is 16.4. The second-order valence-electron chi connectivity index (χ2n) is 9.77. The number of hydrogen-bond acceptors (Lipinski definition) is 5. The lowest BCUT2D eigenvalue weighted by atomic mass is 9.80. The fourth-order valence-electron chi connectivity index (χ4n) is 5.32. The summed E-state index contributed by atoms with van der Waals surface area (Å²) in [6.45, 7) is 7.64. The summed E-state index contributed by atoms with van der Waals surface area (Å²) in [6, 6.07) is 4.97. The van der Waals surface area contributed by atoms with Crippen LogP contribution in [0.3, 0.4) is 0 Å². The average Bonchev–Trinajstić information content (AvgIpc) is 3.33. The molecule has 0 saturated heterocycles. The molecule has 34 heavy (non-hydrogen) atoms. The number of rotatable bonds is 4. The summed E-state index contributed by atoms with van der Waals surface area (Å²) >= 11 is 1.74. The number of carbonyl (C=O) groups excluding carboxylic acids is 1. The number of fused-ring (bicyclic) bond motifs is 1. The Kier molecular flexibility index (Phi) is 6.51. The largest absolute Gasteiger partial charge is 0.340 e. The highest BCUT2D eigenvalue weighted by Crippen LogP contribution is 2.37. The second kappa shape index (κ2) is 9.56. The van der Waals surface area contributed by atoms with Crippen molar-refractivity contribution in [2.75, 3.05) is 13.1 Å². The van der Waals surface area contributed by atoms with Crippen LogP contribution in [-0.4, -0.2) is 43.6 Å². The van der Waals surface area contributed by atoms with Crippen LogP contribution in [-0.2, 0) is 24.2 Å². The standard InChI is InChI=1S/C26H32FN5OS/c1-16-6-4-5-7-20(16)26-29-25(19-8-9-21(27)17(2)14-19)30-32(26)15-24(33)31-12-10-22-23(11-13-31)34-18(3)28-22/h8-9,14,16,20H,4-7,10-13,15H2,1-3H3. The van der Waals surface area contributed by atoms with Crippen LogP contribution in [0.4, 0.5) is 4.39 Å². The van der Waals surface area contributed by atoms with Gasteiger partial charge in [-0.05, 0) is 49.9 Å². The average molecular weight is 482 g/mol. The van der Waals surface area contributed by atoms with Gasteiger partial charge in [0, 0.05) is 42.3 Å². The van der Waals surface area contributed by atoms with Gasteiger partial charge in [0.25, 0.3) is 0 Å². The monoisotopic (exact) mass is 481 g/mol. The van der Waals surface area contributed by atoms with Gasteiger partial charge in [-0.1, -0.05) is 26.2 Å². The van der Waals surface area contributed by atoms with Crippen molar-refractivity contribution in [3.63, 3.8) is 0 Å². The van der Waals surface area contributed by atoms with E-state index in [2.05, 4.69) is 11.9 Å². The van der Waals surface area contributed by atoms with Crippen molar-refractivity contribution in [1.82, 2.24) is 24.6 Å². The Morgan fingerprint density at radius 1 is 1.15 bits per heavy atom. The smallest absolute Gasteiger partial charge is 0.244 e. The first kappa shape index (κ1) is 23.1. The van der Waals surface area contributed by atoms with Crippen LogP contribution >= 0.6 is 11.3 Å². The van der Waals surface area contributed by atoms with Gasteiger partial charge in [0.05, 0.1) is 10.7 Å². The zero-order valence-corrected chi connectivity index (χ0v) is 21.0. The zero-order chi connectivity index (χ0) is 23.8. The van der Waals surface area contributed by atoms with Crippen LogP contribution in [0.2, 0.25) is 0 Å². The zero-order valence-electron chi connectivity index (χ0n) is 20.2. The van der Waals surface area contributed by atoms with E-state index in [0.29, 0.717) is 30.4 Å². The summed E-state index contributed by atoms with van der Waals surface area (Å²) in [5.74, 6) is 2.08. The molecule has 1 amide bonds. The molecule has 1 fully saturated rings. The number of thiazole rings is 1. The molecule has 2 unspecified atom stereocenters. The van der Waals surface area contributed by atoms with Gasteiger partial charge >= 0.3 is 0 Å². The number of carbonyl (C=O) groups is 1. The lowest BCUT2D eigenvalue weighted by Crippen LogP contribution is -2.36. The highest BCUT2D eigenvalue weighted by molar-refractivity contribution is 7.11. The molecule has 6 nitrogen and oxygen atoms in total. The molecule has 1 aliphatic carbocycles. The number of benzene rings is 1. The minimum Gasteiger partial charge on any atom is -0.340 e. The van der Waals surface area contributed by atoms with Gasteiger partial charge in [-0.25, -0.2) is 19.0 Å². The first-order valence-corrected chi connectivity index (χ1v) is 13.1. The van der Waals surface area contributed by atoms with Crippen molar-refractivity contribution < 1.29 is 9.18 Å². The second-order valence-corrected chi connectivity index (χ2v) is 11.1. The van der Waals surface area contributed by atoms with Crippen LogP contribution in [0.1, 0.15) is 65.5 Å². The van der Waals surface area contributed by atoms with Crippen molar-refractivity contribution in [2.45, 2.75) is 71.8 Å². The predicted molar refractivity (Wildman–Crippen MR) is 131 cm³/mol. The summed E-state index contributed by atoms with van der Waals surface area (Å²) in [4.78, 5) is 26.2. The molecule has 1 aliphatic heterocycles. The lowest BCUT2D eigenvalue weighted by Gasteiger charge is -2.28. The van der Waals surface area contributed by atoms with E-state index < -0.39 is 0 Å². The summed E-state index contributed by atoms with van der Waals surface area (Å²) in [5.41, 5.74) is 2.50. The summed E-state index contributed by atoms with van der Waals surface area (Å²) < 4.78 is 15.7. The van der Waals surface area contributed by atoms with Crippen LogP contribution in [0.25, 0.3) is 11.4 Å². The molecule has 3 heterocycles. The predicted octanol–water partition coefficient (Wildman–Crippen LogP) is 5.08. The molecule has 0 radical (unpaired) electrons. The molecular weight excluding hydrogens is 449 g/mol. The maximum atomic E-state index is 13.8. The number of amides is 1. The molecule has 0 N–H and O–H groups in total. The Balaban J connectivity index is 1.41. The maximum Gasteiger partial charge on any atom is 0.244 e. The van der Waals surface area contributed by atoms with Crippen LogP contribution < -0.4 is 0 Å². The molecule has 8 heteroatoms. The minimum atomic E-state index is -0.237. The van der Waals surface area contributed by atoms with Crippen molar-refractivity contribution >= 4 is 17.2 Å². The highest BCUT2D eigenvalue weighted by atomic mass is 32.1. The molecule has 3 aromatic rings. The van der Waals surface area contributed by atoms with Gasteiger partial charge < -0.3 is 4.90 Å². The van der Waals surface area contributed by atoms with Gasteiger partial charge in [0.2, 0.25) is 5.91 Å². The van der Waals surface area contributed by atoms with Gasteiger partial charge in [0.1, 0.15) is 18.2 Å². The van der Waals surface area contributed by atoms with E-state index >= 15 is 0 Å². The quantitative estimate of drug-likeness (QED) is 0.521. The highest BCUT2D eigenvalue weighted by Gasteiger charge is 2.30. The van der Waals surface area contributed by atoms with Gasteiger partial charge in [-0.3, -0.25) is 4.79 Å². The third kappa shape index (κ3) is 4.65. The lowest BCUT2D eigenvalue weighted by molar-refractivity contribution is -0.132. The topological polar surface area (TPSA) is 63.9 Å². The number of halogens is 1. The molecular formula is C26H32FN5OS. The van der Waals surface area contributed by atoms with Crippen molar-refractivity contribution in [3.05, 3.63) is 51.0 Å². The molecule has 2 aromatic heterocycles. The van der Waals surface area contributed by atoms with Crippen LogP contribution in [0, 0.1) is 25.6 Å². The van der Waals surface area contributed by atoms with E-state index in [9.17, 15) is 9.18 Å². The number of aryl methyl sites for hydroxylation is 2. The number of nitrogens with zero attached hydrogens (tertiary/aromatic N) is 5. The number of aromatic nitrogens is 4. The fraction of sp³-hybridized carbons (Fsp3) is 0.538. The summed E-state index contributed by atoms with van der Waals surface area (Å²) in [5, 5.41) is 5.88. The summed E-state index contributed by atoms with van der Waals surface area (Å²) in [6.07, 6.45) is 6.29. The first-order valence-electron chi connectivity index (χ1n) is 12.3. The van der Waals surface area contributed by atoms with Crippen molar-refractivity contribution in [2.24, 2.45) is 5.92 Å². The maximum absolute atomic E-state index is 13.8. The van der Waals surface area contributed by atoms with Gasteiger partial charge in [-0.15, -0.1) is 11.3 Å². The van der Waals surface area contributed by atoms with E-state index in [1.165, 1.54) is 23.8 Å². The van der Waals surface area contributed by atoms with Crippen molar-refractivity contribution in [1.29, 1.82) is 0 Å². The normalized spacial score (nSPS) is 20.8. The van der Waals surface area contributed by atoms with Crippen LogP contribution in [0.5, 0.6) is 0 Å². The van der Waals surface area contributed by atoms with E-state index in [0.717, 1.165) is 47.8 Å². The molecule has 5 rings (SSSR count). The van der Waals surface area contributed by atoms with E-state index in [1.807, 2.05) is 16.5 Å². The molecule has 2 aliphatic rings.